The van der Waals surface area contributed by atoms with Crippen LogP contribution in [0.5, 0.6) is 0 Å². The molecule has 1 fully saturated rings. The van der Waals surface area contributed by atoms with Gasteiger partial charge in [0.1, 0.15) is 0 Å². The Kier molecular flexibility index (Phi) is 13.5. The maximum Gasteiger partial charge on any atom is 0 e. The maximum absolute atomic E-state index is 2.34. The van der Waals surface area contributed by atoms with Gasteiger partial charge >= 0.3 is 0 Å². The summed E-state index contributed by atoms with van der Waals surface area (Å²) in [6.07, 6.45) is 5.02. The Balaban J connectivity index is 0. The largest absolute Gasteiger partial charge is 0.336 e. The summed E-state index contributed by atoms with van der Waals surface area (Å²) < 4.78 is 0. The molecule has 1 aliphatic rings. The van der Waals surface area contributed by atoms with Crippen LogP contribution in [-0.4, -0.2) is 25.0 Å². The van der Waals surface area contributed by atoms with E-state index in [2.05, 4.69) is 18.4 Å². The van der Waals surface area contributed by atoms with Crippen molar-refractivity contribution in [1.29, 1.82) is 0 Å². The Morgan fingerprint density at radius 1 is 1.44 bits per heavy atom. The van der Waals surface area contributed by atoms with Crippen LogP contribution in [0.25, 0.3) is 0 Å². The van der Waals surface area contributed by atoms with Crippen LogP contribution in [0, 0.1) is 51.4 Å². The first-order valence-corrected chi connectivity index (χ1v) is 2.90. The second kappa shape index (κ2) is 8.63. The van der Waals surface area contributed by atoms with Crippen molar-refractivity contribution < 1.29 is 77.7 Å². The SMILES string of the molecule is CN1C[CH-]CCC1.[Ra].[Y]. The molecule has 0 aliphatic carbocycles. The zero-order valence-electron chi connectivity index (χ0n) is 6.14. The van der Waals surface area contributed by atoms with E-state index in [0.717, 1.165) is 0 Å². The van der Waals surface area contributed by atoms with Crippen molar-refractivity contribution in [2.24, 2.45) is 0 Å². The summed E-state index contributed by atoms with van der Waals surface area (Å²) in [5.41, 5.74) is 0. The van der Waals surface area contributed by atoms with Crippen molar-refractivity contribution in [2.45, 2.75) is 12.8 Å². The molecule has 3 radical (unpaired) electrons. The molecule has 0 aromatic heterocycles. The van der Waals surface area contributed by atoms with Crippen molar-refractivity contribution >= 4 is 0 Å². The number of rotatable bonds is 0. The third-order valence-corrected chi connectivity index (χ3v) is 1.39. The van der Waals surface area contributed by atoms with Crippen LogP contribution in [-0.2, 0) is 32.7 Å². The van der Waals surface area contributed by atoms with Gasteiger partial charge in [0.05, 0.1) is 0 Å². The van der Waals surface area contributed by atoms with Gasteiger partial charge in [0, 0.05) is 77.7 Å². The zero-order chi connectivity index (χ0) is 5.11. The number of nitrogens with zero attached hydrogens (tertiary/aromatic N) is 1. The van der Waals surface area contributed by atoms with E-state index in [9.17, 15) is 0 Å². The number of hydrogen-bond donors (Lipinski definition) is 0. The summed E-state index contributed by atoms with van der Waals surface area (Å²) in [6, 6.07) is 0. The van der Waals surface area contributed by atoms with Crippen LogP contribution in [0.4, 0.5) is 0 Å². The molecule has 9 heavy (non-hydrogen) atoms. The molecule has 0 aromatic carbocycles. The van der Waals surface area contributed by atoms with Crippen LogP contribution < -0.4 is 0 Å². The molecule has 1 nitrogen and oxygen atoms in total. The molecular weight excluding hydrogens is 401 g/mol. The van der Waals surface area contributed by atoms with E-state index in [1.165, 1.54) is 25.9 Å². The first-order valence-electron chi connectivity index (χ1n) is 2.90. The van der Waals surface area contributed by atoms with Crippen molar-refractivity contribution in [1.82, 2.24) is 4.90 Å². The summed E-state index contributed by atoms with van der Waals surface area (Å²) >= 11 is 0. The molecule has 1 heterocycles. The normalized spacial score (nSPS) is 19.7. The van der Waals surface area contributed by atoms with Gasteiger partial charge in [0.25, 0.3) is 0 Å². The predicted octanol–water partition coefficient (Wildman–Crippen LogP) is 0.914. The van der Waals surface area contributed by atoms with Crippen LogP contribution in [0.15, 0.2) is 0 Å². The van der Waals surface area contributed by atoms with Crippen molar-refractivity contribution in [3.63, 3.8) is 0 Å². The van der Waals surface area contributed by atoms with Crippen molar-refractivity contribution in [3.05, 3.63) is 6.42 Å². The second-order valence-electron chi connectivity index (χ2n) is 2.19. The second-order valence-corrected chi connectivity index (χ2v) is 2.19. The Morgan fingerprint density at radius 2 is 2.11 bits per heavy atom. The minimum Gasteiger partial charge on any atom is -0.336 e. The standard InChI is InChI=1S/C6H12N.Ra.Y/c1-7-5-3-2-4-6-7;;/h3H,2,4-6H2,1H3;;/q-1;;. The minimum absolute atomic E-state index is 0. The van der Waals surface area contributed by atoms with Gasteiger partial charge < -0.3 is 11.3 Å². The van der Waals surface area contributed by atoms with E-state index in [0.29, 0.717) is 0 Å². The van der Waals surface area contributed by atoms with E-state index in [4.69, 9.17) is 0 Å². The van der Waals surface area contributed by atoms with E-state index < -0.39 is 0 Å². The Hall–Kier alpha value is 2.53. The van der Waals surface area contributed by atoms with Crippen LogP contribution >= 0.6 is 0 Å². The average molecular weight is 413 g/mol. The minimum atomic E-state index is 0. The molecule has 0 atom stereocenters. The molecule has 3 heteroatoms. The van der Waals surface area contributed by atoms with Crippen molar-refractivity contribution in [3.8, 4) is 0 Å². The van der Waals surface area contributed by atoms with E-state index >= 15 is 0 Å². The third kappa shape index (κ3) is 6.91. The van der Waals surface area contributed by atoms with E-state index in [1.807, 2.05) is 0 Å². The van der Waals surface area contributed by atoms with Gasteiger partial charge in [-0.2, -0.15) is 6.42 Å². The fourth-order valence-electron chi connectivity index (χ4n) is 0.909. The summed E-state index contributed by atoms with van der Waals surface area (Å²) in [4.78, 5) is 2.34. The topological polar surface area (TPSA) is 3.24 Å². The Labute approximate surface area is 120 Å². The predicted molar refractivity (Wildman–Crippen MR) is 31.0 cm³/mol. The molecular formula is C6H12NRaY-. The summed E-state index contributed by atoms with van der Waals surface area (Å²) in [5.74, 6) is 0. The number of piperidine rings is 1. The zero-order valence-corrected chi connectivity index (χ0v) is 14.8. The first-order chi connectivity index (χ1) is 3.39. The maximum atomic E-state index is 2.34. The molecule has 47 valence electrons. The van der Waals surface area contributed by atoms with Gasteiger partial charge in [0.2, 0.25) is 0 Å². The summed E-state index contributed by atoms with van der Waals surface area (Å²) in [7, 11) is 2.16. The van der Waals surface area contributed by atoms with Crippen LogP contribution in [0.1, 0.15) is 12.8 Å². The van der Waals surface area contributed by atoms with E-state index in [-0.39, 0.29) is 77.7 Å². The van der Waals surface area contributed by atoms with Gasteiger partial charge in [-0.1, -0.05) is 6.42 Å². The number of hydrogen-bond acceptors (Lipinski definition) is 1. The fourth-order valence-corrected chi connectivity index (χ4v) is 0.909. The molecule has 0 N–H and O–H groups in total. The monoisotopic (exact) mass is 413 g/mol. The quantitative estimate of drug-likeness (QED) is 0.535. The molecule has 1 saturated heterocycles. The molecule has 1 rings (SSSR count). The van der Waals surface area contributed by atoms with Gasteiger partial charge in [-0.05, 0) is 13.6 Å². The Bertz CT molecular complexity index is 55.0. The van der Waals surface area contributed by atoms with E-state index in [1.54, 1.807) is 0 Å². The molecule has 0 spiro atoms. The molecule has 1 aliphatic heterocycles. The van der Waals surface area contributed by atoms with Crippen molar-refractivity contribution in [2.75, 3.05) is 20.1 Å². The van der Waals surface area contributed by atoms with Gasteiger partial charge in [-0.15, -0.1) is 6.54 Å². The fraction of sp³-hybridized carbons (Fsp3) is 0.833. The van der Waals surface area contributed by atoms with Gasteiger partial charge in [-0.3, -0.25) is 0 Å². The molecule has 0 saturated carbocycles. The summed E-state index contributed by atoms with van der Waals surface area (Å²) in [6.45, 7) is 2.48. The average Bonchev–Trinajstić information content (AvgIpc) is 1.69. The van der Waals surface area contributed by atoms with Gasteiger partial charge in [0.15, 0.2) is 0 Å². The first kappa shape index (κ1) is 14.1. The molecule has 0 bridgehead atoms. The van der Waals surface area contributed by atoms with Crippen LogP contribution in [0.2, 0.25) is 0 Å². The van der Waals surface area contributed by atoms with Crippen LogP contribution in [0.3, 0.4) is 0 Å². The number of likely N-dealkylation sites (tertiary alicyclic amines) is 1. The molecule has 0 amide bonds. The molecule has 0 unspecified atom stereocenters. The third-order valence-electron chi connectivity index (χ3n) is 1.39. The summed E-state index contributed by atoms with van der Waals surface area (Å²) in [5, 5.41) is 0. The Morgan fingerprint density at radius 3 is 2.33 bits per heavy atom. The molecule has 0 aromatic rings. The smallest absolute Gasteiger partial charge is 0 e. The van der Waals surface area contributed by atoms with Gasteiger partial charge in [-0.25, -0.2) is 0 Å².